The molecule has 0 radical (unpaired) electrons. The molecule has 7 heteroatoms. The fourth-order valence-electron chi connectivity index (χ4n) is 3.96. The molecule has 1 saturated heterocycles. The molecule has 7 nitrogen and oxygen atoms in total. The highest BCUT2D eigenvalue weighted by molar-refractivity contribution is 5.64. The van der Waals surface area contributed by atoms with Crippen molar-refractivity contribution in [2.75, 3.05) is 50.0 Å². The topological polar surface area (TPSA) is 76.9 Å². The third kappa shape index (κ3) is 5.15. The molecule has 1 aliphatic heterocycles. The number of aliphatic hydroxyl groups is 1. The highest BCUT2D eigenvalue weighted by atomic mass is 16.3. The lowest BCUT2D eigenvalue weighted by molar-refractivity contribution is 0.150. The molecule has 1 aromatic carbocycles. The van der Waals surface area contributed by atoms with Crippen molar-refractivity contribution >= 4 is 17.9 Å². The molecule has 2 heterocycles. The number of benzene rings is 1. The van der Waals surface area contributed by atoms with E-state index in [0.717, 1.165) is 62.8 Å². The molecular formula is C23H32N6O. The number of anilines is 2. The minimum atomic E-state index is -0.495. The van der Waals surface area contributed by atoms with Gasteiger partial charge in [-0.05, 0) is 43.0 Å². The highest BCUT2D eigenvalue weighted by Gasteiger charge is 2.40. The molecule has 1 saturated carbocycles. The highest BCUT2D eigenvalue weighted by Crippen LogP contribution is 2.38. The Morgan fingerprint density at radius 1 is 1.13 bits per heavy atom. The van der Waals surface area contributed by atoms with Gasteiger partial charge in [-0.2, -0.15) is 0 Å². The zero-order valence-electron chi connectivity index (χ0n) is 18.0. The van der Waals surface area contributed by atoms with E-state index in [-0.39, 0.29) is 0 Å². The zero-order chi connectivity index (χ0) is 21.0. The molecule has 4 rings (SSSR count). The second-order valence-electron chi connectivity index (χ2n) is 8.44. The molecule has 160 valence electrons. The van der Waals surface area contributed by atoms with Crippen LogP contribution in [0.25, 0.3) is 0 Å². The van der Waals surface area contributed by atoms with Gasteiger partial charge in [-0.15, -0.1) is 0 Å². The number of aliphatic imine (C=N–C) groups is 1. The van der Waals surface area contributed by atoms with Gasteiger partial charge in [0, 0.05) is 76.5 Å². The first-order chi connectivity index (χ1) is 14.6. The number of nitrogens with one attached hydrogen (secondary N) is 1. The Bertz CT molecular complexity index is 839. The van der Waals surface area contributed by atoms with E-state index in [0.29, 0.717) is 12.5 Å². The summed E-state index contributed by atoms with van der Waals surface area (Å²) in [5, 5.41) is 13.4. The first-order valence-corrected chi connectivity index (χ1v) is 10.8. The predicted molar refractivity (Wildman–Crippen MR) is 121 cm³/mol. The van der Waals surface area contributed by atoms with Crippen LogP contribution >= 0.6 is 0 Å². The van der Waals surface area contributed by atoms with Crippen LogP contribution in [0.5, 0.6) is 0 Å². The fraction of sp³-hybridized carbons (Fsp3) is 0.522. The van der Waals surface area contributed by atoms with Crippen molar-refractivity contribution in [3.05, 3.63) is 47.8 Å². The second kappa shape index (κ2) is 9.10. The molecule has 1 aromatic heterocycles. The van der Waals surface area contributed by atoms with Gasteiger partial charge in [0.1, 0.15) is 0 Å². The summed E-state index contributed by atoms with van der Waals surface area (Å²) < 4.78 is 0. The quantitative estimate of drug-likeness (QED) is 0.654. The van der Waals surface area contributed by atoms with Crippen LogP contribution in [-0.4, -0.2) is 71.6 Å². The van der Waals surface area contributed by atoms with Gasteiger partial charge < -0.3 is 15.3 Å². The van der Waals surface area contributed by atoms with Crippen molar-refractivity contribution < 1.29 is 5.11 Å². The molecule has 1 aliphatic carbocycles. The average Bonchev–Trinajstić information content (AvgIpc) is 3.51. The summed E-state index contributed by atoms with van der Waals surface area (Å²) in [6.07, 6.45) is 8.05. The third-order valence-corrected chi connectivity index (χ3v) is 6.17. The summed E-state index contributed by atoms with van der Waals surface area (Å²) in [6.45, 7) is 6.83. The molecule has 2 aromatic rings. The van der Waals surface area contributed by atoms with E-state index >= 15 is 0 Å². The fourth-order valence-corrected chi connectivity index (χ4v) is 3.96. The van der Waals surface area contributed by atoms with Crippen LogP contribution in [0.15, 0.2) is 41.7 Å². The second-order valence-corrected chi connectivity index (χ2v) is 8.44. The average molecular weight is 409 g/mol. The van der Waals surface area contributed by atoms with Crippen LogP contribution < -0.4 is 10.2 Å². The Kier molecular flexibility index (Phi) is 6.29. The lowest BCUT2D eigenvalue weighted by Gasteiger charge is -2.38. The summed E-state index contributed by atoms with van der Waals surface area (Å²) in [5.74, 6) is 0.792. The Hall–Kier alpha value is -2.51. The lowest BCUT2D eigenvalue weighted by Crippen LogP contribution is -2.47. The molecule has 0 spiro atoms. The van der Waals surface area contributed by atoms with E-state index in [2.05, 4.69) is 61.3 Å². The standard InChI is InChI=1S/C23H32N6O/c1-18(20-3-5-21(6-4-20)25-10-9-24-2)28-11-13-29(14-12-28)22-26-16-19(17-27-22)15-23(30)7-8-23/h3-6,9,16-18,25,30H,7-8,10-15H2,1-2H3. The first kappa shape index (κ1) is 20.8. The first-order valence-electron chi connectivity index (χ1n) is 10.8. The SMILES string of the molecule is CN=CCNc1ccc(C(C)N2CCN(c3ncc(CC4(O)CC4)cn3)CC2)cc1. The third-order valence-electron chi connectivity index (χ3n) is 6.17. The number of rotatable bonds is 8. The smallest absolute Gasteiger partial charge is 0.225 e. The van der Waals surface area contributed by atoms with Gasteiger partial charge in [-0.25, -0.2) is 9.97 Å². The molecule has 0 amide bonds. The van der Waals surface area contributed by atoms with Crippen LogP contribution in [0.4, 0.5) is 11.6 Å². The van der Waals surface area contributed by atoms with Crippen LogP contribution in [-0.2, 0) is 6.42 Å². The Morgan fingerprint density at radius 2 is 1.80 bits per heavy atom. The number of piperazine rings is 1. The van der Waals surface area contributed by atoms with Gasteiger partial charge in [-0.3, -0.25) is 9.89 Å². The maximum Gasteiger partial charge on any atom is 0.225 e. The Morgan fingerprint density at radius 3 is 2.40 bits per heavy atom. The number of hydrogen-bond donors (Lipinski definition) is 2. The van der Waals surface area contributed by atoms with Gasteiger partial charge in [0.05, 0.1) is 5.60 Å². The van der Waals surface area contributed by atoms with Gasteiger partial charge in [0.25, 0.3) is 0 Å². The van der Waals surface area contributed by atoms with E-state index in [9.17, 15) is 5.11 Å². The van der Waals surface area contributed by atoms with E-state index < -0.39 is 5.60 Å². The van der Waals surface area contributed by atoms with Crippen molar-refractivity contribution in [2.45, 2.75) is 37.8 Å². The summed E-state index contributed by atoms with van der Waals surface area (Å²) in [5.41, 5.74) is 2.97. The maximum absolute atomic E-state index is 10.1. The zero-order valence-corrected chi connectivity index (χ0v) is 18.0. The minimum Gasteiger partial charge on any atom is -0.390 e. The monoisotopic (exact) mass is 408 g/mol. The molecule has 1 atom stereocenters. The Labute approximate surface area is 178 Å². The molecule has 1 unspecified atom stereocenters. The van der Waals surface area contributed by atoms with E-state index in [1.807, 2.05) is 18.6 Å². The van der Waals surface area contributed by atoms with E-state index in [1.54, 1.807) is 7.05 Å². The molecular weight excluding hydrogens is 376 g/mol. The van der Waals surface area contributed by atoms with Crippen molar-refractivity contribution in [1.29, 1.82) is 0 Å². The molecule has 2 fully saturated rings. The van der Waals surface area contributed by atoms with Crippen molar-refractivity contribution in [3.63, 3.8) is 0 Å². The molecule has 2 aliphatic rings. The van der Waals surface area contributed by atoms with Gasteiger partial charge >= 0.3 is 0 Å². The van der Waals surface area contributed by atoms with Crippen molar-refractivity contribution in [3.8, 4) is 0 Å². The van der Waals surface area contributed by atoms with Crippen LogP contribution in [0, 0.1) is 0 Å². The van der Waals surface area contributed by atoms with E-state index in [4.69, 9.17) is 0 Å². The predicted octanol–water partition coefficient (Wildman–Crippen LogP) is 2.54. The molecule has 0 bridgehead atoms. The summed E-state index contributed by atoms with van der Waals surface area (Å²) in [6, 6.07) is 9.06. The summed E-state index contributed by atoms with van der Waals surface area (Å²) in [4.78, 5) is 17.9. The van der Waals surface area contributed by atoms with E-state index in [1.165, 1.54) is 5.56 Å². The maximum atomic E-state index is 10.1. The molecule has 2 N–H and O–H groups in total. The number of hydrogen-bond acceptors (Lipinski definition) is 7. The lowest BCUT2D eigenvalue weighted by atomic mass is 10.1. The largest absolute Gasteiger partial charge is 0.390 e. The van der Waals surface area contributed by atoms with Crippen LogP contribution in [0.3, 0.4) is 0 Å². The van der Waals surface area contributed by atoms with Gasteiger partial charge in [-0.1, -0.05) is 12.1 Å². The normalized spacial score (nSPS) is 19.8. The number of aromatic nitrogens is 2. The molecule has 30 heavy (non-hydrogen) atoms. The summed E-state index contributed by atoms with van der Waals surface area (Å²) >= 11 is 0. The van der Waals surface area contributed by atoms with Crippen molar-refractivity contribution in [2.24, 2.45) is 4.99 Å². The Balaban J connectivity index is 1.28. The van der Waals surface area contributed by atoms with Crippen LogP contribution in [0.2, 0.25) is 0 Å². The van der Waals surface area contributed by atoms with Crippen molar-refractivity contribution in [1.82, 2.24) is 14.9 Å². The number of nitrogens with zero attached hydrogens (tertiary/aromatic N) is 5. The van der Waals surface area contributed by atoms with Crippen LogP contribution in [0.1, 0.15) is 36.9 Å². The van der Waals surface area contributed by atoms with Gasteiger partial charge in [0.2, 0.25) is 5.95 Å². The minimum absolute atomic E-state index is 0.376. The summed E-state index contributed by atoms with van der Waals surface area (Å²) in [7, 11) is 1.79. The van der Waals surface area contributed by atoms with Gasteiger partial charge in [0.15, 0.2) is 0 Å².